The van der Waals surface area contributed by atoms with E-state index in [1.54, 1.807) is 12.1 Å². The van der Waals surface area contributed by atoms with Gasteiger partial charge >= 0.3 is 0 Å². The summed E-state index contributed by atoms with van der Waals surface area (Å²) in [5.74, 6) is 0.420. The molecular formula is C22H23FN2O2. The first kappa shape index (κ1) is 16.8. The monoisotopic (exact) mass is 366 g/mol. The number of benzene rings is 2. The van der Waals surface area contributed by atoms with E-state index in [4.69, 9.17) is 0 Å². The minimum absolute atomic E-state index is 0.00639. The lowest BCUT2D eigenvalue weighted by Crippen LogP contribution is -2.43. The average molecular weight is 366 g/mol. The summed E-state index contributed by atoms with van der Waals surface area (Å²) in [6.45, 7) is 0.814. The topological polar surface area (TPSA) is 52.6 Å². The fourth-order valence-electron chi connectivity index (χ4n) is 4.70. The highest BCUT2D eigenvalue weighted by Gasteiger charge is 2.48. The van der Waals surface area contributed by atoms with Crippen LogP contribution in [0, 0.1) is 17.7 Å². The lowest BCUT2D eigenvalue weighted by Gasteiger charge is -2.39. The number of carbonyl (C=O) groups excluding carboxylic acids is 1. The van der Waals surface area contributed by atoms with Crippen LogP contribution in [-0.4, -0.2) is 35.1 Å². The molecule has 1 amide bonds. The molecule has 5 heteroatoms. The Bertz CT molecular complexity index is 878. The molecule has 2 fully saturated rings. The highest BCUT2D eigenvalue weighted by Crippen LogP contribution is 2.49. The molecule has 5 rings (SSSR count). The minimum atomic E-state index is -0.249. The van der Waals surface area contributed by atoms with E-state index in [1.807, 2.05) is 17.0 Å². The molecule has 3 atom stereocenters. The maximum atomic E-state index is 13.3. The Morgan fingerprint density at radius 3 is 2.56 bits per heavy atom. The summed E-state index contributed by atoms with van der Waals surface area (Å²) >= 11 is 0. The molecule has 1 aliphatic carbocycles. The lowest BCUT2D eigenvalue weighted by molar-refractivity contribution is -0.134. The summed E-state index contributed by atoms with van der Waals surface area (Å²) < 4.78 is 13.3. The number of aliphatic hydroxyl groups excluding tert-OH is 1. The van der Waals surface area contributed by atoms with E-state index < -0.39 is 0 Å². The van der Waals surface area contributed by atoms with Gasteiger partial charge in [-0.1, -0.05) is 18.2 Å². The molecular weight excluding hydrogens is 343 g/mol. The molecule has 0 unspecified atom stereocenters. The van der Waals surface area contributed by atoms with Crippen LogP contribution in [0.1, 0.15) is 30.9 Å². The van der Waals surface area contributed by atoms with Gasteiger partial charge < -0.3 is 15.3 Å². The molecule has 2 aromatic carbocycles. The van der Waals surface area contributed by atoms with E-state index in [0.29, 0.717) is 0 Å². The maximum Gasteiger partial charge on any atom is 0.226 e. The van der Waals surface area contributed by atoms with Crippen LogP contribution in [0.3, 0.4) is 0 Å². The highest BCUT2D eigenvalue weighted by molar-refractivity contribution is 5.82. The van der Waals surface area contributed by atoms with Crippen molar-refractivity contribution in [2.45, 2.75) is 31.3 Å². The third kappa shape index (κ3) is 2.81. The van der Waals surface area contributed by atoms with Gasteiger partial charge in [0, 0.05) is 24.1 Å². The molecule has 0 aromatic heterocycles. The maximum absolute atomic E-state index is 13.3. The van der Waals surface area contributed by atoms with Crippen molar-refractivity contribution in [3.8, 4) is 11.1 Å². The second-order valence-electron chi connectivity index (χ2n) is 7.95. The number of hydrogen-bond acceptors (Lipinski definition) is 3. The quantitative estimate of drug-likeness (QED) is 0.873. The molecule has 0 spiro atoms. The summed E-state index contributed by atoms with van der Waals surface area (Å²) in [6, 6.07) is 12.6. The van der Waals surface area contributed by atoms with E-state index >= 15 is 0 Å². The van der Waals surface area contributed by atoms with Crippen molar-refractivity contribution in [2.24, 2.45) is 11.8 Å². The van der Waals surface area contributed by atoms with Crippen molar-refractivity contribution < 1.29 is 14.3 Å². The van der Waals surface area contributed by atoms with Gasteiger partial charge in [-0.25, -0.2) is 4.39 Å². The van der Waals surface area contributed by atoms with Gasteiger partial charge in [0.2, 0.25) is 5.91 Å². The van der Waals surface area contributed by atoms with E-state index in [9.17, 15) is 14.3 Å². The standard InChI is InChI=1S/C22H23FN2O2/c23-16-6-3-13(4-7-16)15-5-8-19-18(11-15)21-17(20(12-26)24-19)9-10-25(21)22(27)14-1-2-14/h3-8,11,14,17,20-21,24,26H,1-2,9-10,12H2/t17-,20+,21-/m0/s1. The number of nitrogens with zero attached hydrogens (tertiary/aromatic N) is 1. The van der Waals surface area contributed by atoms with Crippen molar-refractivity contribution in [1.82, 2.24) is 4.90 Å². The number of nitrogens with one attached hydrogen (secondary N) is 1. The second-order valence-corrected chi connectivity index (χ2v) is 7.95. The predicted molar refractivity (Wildman–Crippen MR) is 102 cm³/mol. The van der Waals surface area contributed by atoms with E-state index in [0.717, 1.165) is 48.2 Å². The summed E-state index contributed by atoms with van der Waals surface area (Å²) in [4.78, 5) is 14.9. The van der Waals surface area contributed by atoms with Gasteiger partial charge in [0.15, 0.2) is 0 Å². The van der Waals surface area contributed by atoms with E-state index in [2.05, 4.69) is 11.4 Å². The van der Waals surface area contributed by atoms with Crippen molar-refractivity contribution >= 4 is 11.6 Å². The van der Waals surface area contributed by atoms with Gasteiger partial charge in [-0.3, -0.25) is 4.79 Å². The van der Waals surface area contributed by atoms with Gasteiger partial charge in [0.25, 0.3) is 0 Å². The Morgan fingerprint density at radius 1 is 1.11 bits per heavy atom. The first-order valence-electron chi connectivity index (χ1n) is 9.73. The van der Waals surface area contributed by atoms with Crippen LogP contribution < -0.4 is 5.32 Å². The van der Waals surface area contributed by atoms with Gasteiger partial charge in [-0.05, 0) is 60.2 Å². The molecule has 2 N–H and O–H groups in total. The third-order valence-corrected chi connectivity index (χ3v) is 6.26. The second kappa shape index (κ2) is 6.34. The number of aliphatic hydroxyl groups is 1. The van der Waals surface area contributed by atoms with Crippen LogP contribution in [-0.2, 0) is 4.79 Å². The van der Waals surface area contributed by atoms with Crippen LogP contribution in [0.5, 0.6) is 0 Å². The van der Waals surface area contributed by atoms with Crippen molar-refractivity contribution in [1.29, 1.82) is 0 Å². The first-order chi connectivity index (χ1) is 13.2. The number of hydrogen-bond donors (Lipinski definition) is 2. The number of halogens is 1. The van der Waals surface area contributed by atoms with Gasteiger partial charge in [-0.2, -0.15) is 0 Å². The van der Waals surface area contributed by atoms with Gasteiger partial charge in [0.05, 0.1) is 18.7 Å². The van der Waals surface area contributed by atoms with Crippen LogP contribution >= 0.6 is 0 Å². The molecule has 1 saturated carbocycles. The summed E-state index contributed by atoms with van der Waals surface area (Å²) in [7, 11) is 0. The first-order valence-corrected chi connectivity index (χ1v) is 9.73. The molecule has 4 nitrogen and oxygen atoms in total. The zero-order chi connectivity index (χ0) is 18.5. The average Bonchev–Trinajstić information content (AvgIpc) is 3.45. The Morgan fingerprint density at radius 2 is 1.85 bits per heavy atom. The number of amides is 1. The molecule has 2 heterocycles. The minimum Gasteiger partial charge on any atom is -0.394 e. The number of fused-ring (bicyclic) bond motifs is 3. The fraction of sp³-hybridized carbons (Fsp3) is 0.409. The number of anilines is 1. The van der Waals surface area contributed by atoms with Crippen LogP contribution in [0.2, 0.25) is 0 Å². The molecule has 1 saturated heterocycles. The van der Waals surface area contributed by atoms with Crippen molar-refractivity contribution in [2.75, 3.05) is 18.5 Å². The molecule has 27 heavy (non-hydrogen) atoms. The third-order valence-electron chi connectivity index (χ3n) is 6.26. The summed E-state index contributed by atoms with van der Waals surface area (Å²) in [5.41, 5.74) is 4.07. The largest absolute Gasteiger partial charge is 0.394 e. The SMILES string of the molecule is O=C(C1CC1)N1CC[C@@H]2[C@H]1c1cc(-c3ccc(F)cc3)ccc1N[C@@H]2CO. The molecule has 2 aromatic rings. The Balaban J connectivity index is 1.57. The number of carbonyl (C=O) groups is 1. The zero-order valence-electron chi connectivity index (χ0n) is 15.1. The molecule has 140 valence electrons. The number of rotatable bonds is 3. The van der Waals surface area contributed by atoms with Crippen LogP contribution in [0.4, 0.5) is 10.1 Å². The Labute approximate surface area is 158 Å². The lowest BCUT2D eigenvalue weighted by atomic mass is 9.82. The van der Waals surface area contributed by atoms with E-state index in [-0.39, 0.29) is 42.3 Å². The molecule has 3 aliphatic rings. The van der Waals surface area contributed by atoms with Gasteiger partial charge in [0.1, 0.15) is 5.82 Å². The van der Waals surface area contributed by atoms with Crippen molar-refractivity contribution in [3.63, 3.8) is 0 Å². The summed E-state index contributed by atoms with van der Waals surface area (Å²) in [6.07, 6.45) is 2.90. The smallest absolute Gasteiger partial charge is 0.226 e. The molecule has 0 bridgehead atoms. The normalized spacial score (nSPS) is 26.3. The van der Waals surface area contributed by atoms with Crippen molar-refractivity contribution in [3.05, 3.63) is 53.8 Å². The van der Waals surface area contributed by atoms with Gasteiger partial charge in [-0.15, -0.1) is 0 Å². The van der Waals surface area contributed by atoms with Crippen LogP contribution in [0.25, 0.3) is 11.1 Å². The Hall–Kier alpha value is -2.40. The molecule has 0 radical (unpaired) electrons. The predicted octanol–water partition coefficient (Wildman–Crippen LogP) is 3.58. The number of likely N-dealkylation sites (tertiary alicyclic amines) is 1. The molecule has 2 aliphatic heterocycles. The zero-order valence-corrected chi connectivity index (χ0v) is 15.1. The summed E-state index contributed by atoms with van der Waals surface area (Å²) in [5, 5.41) is 13.3. The van der Waals surface area contributed by atoms with E-state index in [1.165, 1.54) is 12.1 Å². The highest BCUT2D eigenvalue weighted by atomic mass is 19.1. The Kier molecular flexibility index (Phi) is 3.93. The van der Waals surface area contributed by atoms with Crippen LogP contribution in [0.15, 0.2) is 42.5 Å². The fourth-order valence-corrected chi connectivity index (χ4v) is 4.70.